The SMILES string of the molecule is C#CCOc1cnc(C(=O)Nc2cc(F)c(F)c([C@]3(C)C[C@](C)(COC)SC(N)=N3)c2)c(C)n1. The number of rotatable bonds is 7. The van der Waals surface area contributed by atoms with Crippen molar-refractivity contribution in [2.45, 2.75) is 37.5 Å². The number of halogens is 2. The van der Waals surface area contributed by atoms with Gasteiger partial charge < -0.3 is 20.5 Å². The number of aryl methyl sites for hydroxylation is 1. The van der Waals surface area contributed by atoms with Crippen molar-refractivity contribution in [3.8, 4) is 18.2 Å². The number of aromatic nitrogens is 2. The average molecular weight is 490 g/mol. The summed E-state index contributed by atoms with van der Waals surface area (Å²) in [7, 11) is 1.56. The first-order valence-corrected chi connectivity index (χ1v) is 11.1. The second-order valence-corrected chi connectivity index (χ2v) is 9.90. The van der Waals surface area contributed by atoms with Crippen LogP contribution in [-0.2, 0) is 10.3 Å². The normalized spacial score (nSPS) is 22.0. The van der Waals surface area contributed by atoms with Crippen molar-refractivity contribution < 1.29 is 23.0 Å². The lowest BCUT2D eigenvalue weighted by molar-refractivity contribution is 0.102. The first-order valence-electron chi connectivity index (χ1n) is 10.2. The van der Waals surface area contributed by atoms with Gasteiger partial charge in [0.1, 0.15) is 5.69 Å². The Morgan fingerprint density at radius 3 is 2.76 bits per heavy atom. The largest absolute Gasteiger partial charge is 0.463 e. The van der Waals surface area contributed by atoms with Crippen molar-refractivity contribution in [2.75, 3.05) is 25.6 Å². The minimum atomic E-state index is -1.18. The van der Waals surface area contributed by atoms with Gasteiger partial charge in [-0.15, -0.1) is 6.42 Å². The highest BCUT2D eigenvalue weighted by Crippen LogP contribution is 2.46. The summed E-state index contributed by atoms with van der Waals surface area (Å²) in [5.74, 6) is -0.369. The van der Waals surface area contributed by atoms with Crippen molar-refractivity contribution in [1.29, 1.82) is 0 Å². The van der Waals surface area contributed by atoms with Crippen LogP contribution < -0.4 is 15.8 Å². The molecule has 0 saturated carbocycles. The van der Waals surface area contributed by atoms with Gasteiger partial charge in [-0.05, 0) is 33.3 Å². The van der Waals surface area contributed by atoms with Gasteiger partial charge >= 0.3 is 0 Å². The first kappa shape index (κ1) is 25.4. The summed E-state index contributed by atoms with van der Waals surface area (Å²) in [4.78, 5) is 25.4. The summed E-state index contributed by atoms with van der Waals surface area (Å²) in [5, 5.41) is 2.79. The molecular formula is C23H25F2N5O3S. The van der Waals surface area contributed by atoms with Crippen molar-refractivity contribution in [2.24, 2.45) is 10.7 Å². The van der Waals surface area contributed by atoms with Crippen LogP contribution in [0.15, 0.2) is 23.3 Å². The number of nitrogens with two attached hydrogens (primary N) is 1. The zero-order valence-electron chi connectivity index (χ0n) is 19.2. The zero-order valence-corrected chi connectivity index (χ0v) is 20.1. The molecule has 34 heavy (non-hydrogen) atoms. The Morgan fingerprint density at radius 1 is 1.38 bits per heavy atom. The van der Waals surface area contributed by atoms with Gasteiger partial charge in [-0.2, -0.15) is 0 Å². The molecule has 0 radical (unpaired) electrons. The summed E-state index contributed by atoms with van der Waals surface area (Å²) >= 11 is 1.32. The highest BCUT2D eigenvalue weighted by atomic mass is 32.2. The van der Waals surface area contributed by atoms with Gasteiger partial charge in [-0.25, -0.2) is 18.7 Å². The number of nitrogens with zero attached hydrogens (tertiary/aromatic N) is 3. The molecule has 2 aromatic rings. The van der Waals surface area contributed by atoms with E-state index >= 15 is 0 Å². The number of carbonyl (C=O) groups excluding carboxylic acids is 1. The molecule has 11 heteroatoms. The fourth-order valence-corrected chi connectivity index (χ4v) is 5.26. The maximum absolute atomic E-state index is 15.0. The molecule has 0 aliphatic carbocycles. The third-order valence-electron chi connectivity index (χ3n) is 5.19. The molecule has 3 N–H and O–H groups in total. The number of nitrogens with one attached hydrogen (secondary N) is 1. The highest BCUT2D eigenvalue weighted by Gasteiger charge is 2.44. The number of hydrogen-bond donors (Lipinski definition) is 2. The Kier molecular flexibility index (Phi) is 7.43. The number of amides is 1. The molecule has 1 amide bonds. The monoisotopic (exact) mass is 489 g/mol. The van der Waals surface area contributed by atoms with Crippen LogP contribution in [0.25, 0.3) is 0 Å². The van der Waals surface area contributed by atoms with Crippen LogP contribution in [0.5, 0.6) is 5.88 Å². The standard InChI is InChI=1S/C23H25F2N5O3S/c1-6-7-33-17-10-27-19(13(2)28-17)20(31)29-14-8-15(18(25)16(24)9-14)23(4)11-22(3,12-32-5)34-21(26)30-23/h1,8-10H,7,11-12H2,2-5H3,(H2,26,30)(H,29,31)/t22-,23+/m1/s1. The number of terminal acetylenes is 1. The van der Waals surface area contributed by atoms with E-state index in [9.17, 15) is 13.6 Å². The molecule has 0 saturated heterocycles. The number of amidine groups is 1. The van der Waals surface area contributed by atoms with Gasteiger partial charge in [0.05, 0.1) is 24.0 Å². The van der Waals surface area contributed by atoms with Gasteiger partial charge in [0.2, 0.25) is 5.88 Å². The molecular weight excluding hydrogens is 464 g/mol. The molecule has 1 aliphatic heterocycles. The van der Waals surface area contributed by atoms with Crippen molar-refractivity contribution >= 4 is 28.5 Å². The third kappa shape index (κ3) is 5.46. The van der Waals surface area contributed by atoms with Crippen LogP contribution in [0.3, 0.4) is 0 Å². The summed E-state index contributed by atoms with van der Waals surface area (Å²) in [5.41, 5.74) is 5.13. The first-order chi connectivity index (χ1) is 16.0. The lowest BCUT2D eigenvalue weighted by Crippen LogP contribution is -2.43. The number of thioether (sulfide) groups is 1. The molecule has 2 heterocycles. The molecule has 180 valence electrons. The van der Waals surface area contributed by atoms with E-state index in [4.69, 9.17) is 21.6 Å². The van der Waals surface area contributed by atoms with Crippen molar-refractivity contribution in [3.63, 3.8) is 0 Å². The average Bonchev–Trinajstić information content (AvgIpc) is 2.73. The second-order valence-electron chi connectivity index (χ2n) is 8.29. The van der Waals surface area contributed by atoms with Crippen LogP contribution in [0.1, 0.15) is 42.0 Å². The van der Waals surface area contributed by atoms with E-state index in [0.29, 0.717) is 13.0 Å². The summed E-state index contributed by atoms with van der Waals surface area (Å²) in [6.07, 6.45) is 6.73. The number of anilines is 1. The van der Waals surface area contributed by atoms with E-state index in [-0.39, 0.29) is 40.3 Å². The van der Waals surface area contributed by atoms with Crippen LogP contribution in [0, 0.1) is 30.9 Å². The van der Waals surface area contributed by atoms with Crippen LogP contribution >= 0.6 is 11.8 Å². The molecule has 1 aromatic heterocycles. The Morgan fingerprint density at radius 2 is 2.12 bits per heavy atom. The van der Waals surface area contributed by atoms with E-state index in [2.05, 4.69) is 26.2 Å². The molecule has 0 bridgehead atoms. The van der Waals surface area contributed by atoms with E-state index in [0.717, 1.165) is 6.07 Å². The number of benzene rings is 1. The fraction of sp³-hybridized carbons (Fsp3) is 0.391. The lowest BCUT2D eigenvalue weighted by atomic mass is 9.83. The molecule has 0 spiro atoms. The number of hydrogen-bond acceptors (Lipinski definition) is 8. The molecule has 1 aromatic carbocycles. The van der Waals surface area contributed by atoms with E-state index < -0.39 is 27.8 Å². The van der Waals surface area contributed by atoms with Crippen LogP contribution in [0.4, 0.5) is 14.5 Å². The Balaban J connectivity index is 1.93. The van der Waals surface area contributed by atoms with Crippen molar-refractivity contribution in [3.05, 3.63) is 46.9 Å². The van der Waals surface area contributed by atoms with E-state index in [1.807, 2.05) is 6.92 Å². The Bertz CT molecular complexity index is 1190. The highest BCUT2D eigenvalue weighted by molar-refractivity contribution is 8.15. The summed E-state index contributed by atoms with van der Waals surface area (Å²) in [6.45, 7) is 5.49. The summed E-state index contributed by atoms with van der Waals surface area (Å²) < 4.78 is 39.5. The molecule has 3 rings (SSSR count). The van der Waals surface area contributed by atoms with Gasteiger partial charge in [-0.3, -0.25) is 9.79 Å². The topological polar surface area (TPSA) is 112 Å². The minimum Gasteiger partial charge on any atom is -0.463 e. The number of ether oxygens (including phenoxy) is 2. The smallest absolute Gasteiger partial charge is 0.276 e. The zero-order chi connectivity index (χ0) is 25.1. The lowest BCUT2D eigenvalue weighted by Gasteiger charge is -2.41. The maximum Gasteiger partial charge on any atom is 0.276 e. The molecule has 0 fully saturated rings. The fourth-order valence-electron chi connectivity index (χ4n) is 3.98. The number of carbonyl (C=O) groups is 1. The molecule has 1 aliphatic rings. The van der Waals surface area contributed by atoms with Gasteiger partial charge in [-0.1, -0.05) is 17.7 Å². The third-order valence-corrected chi connectivity index (χ3v) is 6.24. The predicted octanol–water partition coefficient (Wildman–Crippen LogP) is 3.40. The van der Waals surface area contributed by atoms with Crippen LogP contribution in [-0.4, -0.2) is 46.1 Å². The minimum absolute atomic E-state index is 0.00495. The number of methoxy groups -OCH3 is 1. The van der Waals surface area contributed by atoms with Crippen LogP contribution in [0.2, 0.25) is 0 Å². The van der Waals surface area contributed by atoms with Gasteiger partial charge in [0.15, 0.2) is 23.4 Å². The van der Waals surface area contributed by atoms with E-state index in [1.165, 1.54) is 24.0 Å². The summed E-state index contributed by atoms with van der Waals surface area (Å²) in [6, 6.07) is 2.25. The quantitative estimate of drug-likeness (QED) is 0.574. The maximum atomic E-state index is 15.0. The Hall–Kier alpha value is -3.23. The van der Waals surface area contributed by atoms with Crippen molar-refractivity contribution in [1.82, 2.24) is 9.97 Å². The second kappa shape index (κ2) is 9.95. The Labute approximate surface area is 200 Å². The molecule has 0 unspecified atom stereocenters. The van der Waals surface area contributed by atoms with E-state index in [1.54, 1.807) is 21.0 Å². The predicted molar refractivity (Wildman–Crippen MR) is 127 cm³/mol. The number of aliphatic imine (C=N–C) groups is 1. The molecule has 2 atom stereocenters. The van der Waals surface area contributed by atoms with Gasteiger partial charge in [0, 0.05) is 29.2 Å². The van der Waals surface area contributed by atoms with Gasteiger partial charge in [0.25, 0.3) is 5.91 Å². The molecule has 8 nitrogen and oxygen atoms in total.